The molecule has 0 fully saturated rings. The van der Waals surface area contributed by atoms with Crippen molar-refractivity contribution in [3.63, 3.8) is 0 Å². The Hall–Kier alpha value is -0.750. The van der Waals surface area contributed by atoms with Crippen LogP contribution in [0.25, 0.3) is 0 Å². The SMILES string of the molecule is CC(C)(C)n1cc(Br)c(C#N)c1. The molecule has 0 saturated carbocycles. The quantitative estimate of drug-likeness (QED) is 0.669. The molecule has 0 N–H and O–H groups in total. The van der Waals surface area contributed by atoms with Crippen molar-refractivity contribution in [3.8, 4) is 6.07 Å². The van der Waals surface area contributed by atoms with Crippen molar-refractivity contribution in [1.29, 1.82) is 5.26 Å². The zero-order chi connectivity index (χ0) is 9.35. The van der Waals surface area contributed by atoms with Gasteiger partial charge in [-0.2, -0.15) is 5.26 Å². The molecule has 1 heterocycles. The van der Waals surface area contributed by atoms with Crippen LogP contribution in [0.1, 0.15) is 26.3 Å². The first-order valence-corrected chi connectivity index (χ1v) is 4.52. The third kappa shape index (κ3) is 1.70. The molecule has 0 atom stereocenters. The highest BCUT2D eigenvalue weighted by Crippen LogP contribution is 2.22. The van der Waals surface area contributed by atoms with E-state index in [1.807, 2.05) is 17.0 Å². The zero-order valence-corrected chi connectivity index (χ0v) is 9.01. The molecule has 0 aromatic carbocycles. The molecule has 0 unspecified atom stereocenters. The van der Waals surface area contributed by atoms with Gasteiger partial charge < -0.3 is 4.57 Å². The molecule has 0 aliphatic carbocycles. The van der Waals surface area contributed by atoms with Gasteiger partial charge in [0.15, 0.2) is 0 Å². The van der Waals surface area contributed by atoms with E-state index in [2.05, 4.69) is 42.8 Å². The summed E-state index contributed by atoms with van der Waals surface area (Å²) in [5.41, 5.74) is 0.724. The van der Waals surface area contributed by atoms with Crippen molar-refractivity contribution in [3.05, 3.63) is 22.4 Å². The zero-order valence-electron chi connectivity index (χ0n) is 7.43. The molecular weight excluding hydrogens is 216 g/mol. The predicted octanol–water partition coefficient (Wildman–Crippen LogP) is 2.88. The molecule has 2 nitrogen and oxygen atoms in total. The minimum atomic E-state index is 0.0393. The van der Waals surface area contributed by atoms with Crippen LogP contribution in [-0.4, -0.2) is 4.57 Å². The second-order valence-electron chi connectivity index (χ2n) is 3.71. The van der Waals surface area contributed by atoms with Gasteiger partial charge >= 0.3 is 0 Å². The fraction of sp³-hybridized carbons (Fsp3) is 0.444. The molecule has 64 valence electrons. The topological polar surface area (TPSA) is 28.7 Å². The molecule has 1 rings (SSSR count). The lowest BCUT2D eigenvalue weighted by Crippen LogP contribution is -2.19. The molecule has 0 aliphatic heterocycles. The summed E-state index contributed by atoms with van der Waals surface area (Å²) in [4.78, 5) is 0. The van der Waals surface area contributed by atoms with Gasteiger partial charge in [0, 0.05) is 17.9 Å². The lowest BCUT2D eigenvalue weighted by molar-refractivity contribution is 0.398. The van der Waals surface area contributed by atoms with Crippen LogP contribution in [0, 0.1) is 11.3 Å². The van der Waals surface area contributed by atoms with E-state index in [1.54, 1.807) is 0 Å². The molecule has 12 heavy (non-hydrogen) atoms. The summed E-state index contributed by atoms with van der Waals surface area (Å²) in [7, 11) is 0. The van der Waals surface area contributed by atoms with Crippen molar-refractivity contribution in [2.45, 2.75) is 26.3 Å². The van der Waals surface area contributed by atoms with E-state index in [9.17, 15) is 0 Å². The van der Waals surface area contributed by atoms with Crippen LogP contribution in [0.3, 0.4) is 0 Å². The normalized spacial score (nSPS) is 11.2. The van der Waals surface area contributed by atoms with Crippen LogP contribution >= 0.6 is 15.9 Å². The first-order valence-electron chi connectivity index (χ1n) is 3.73. The highest BCUT2D eigenvalue weighted by molar-refractivity contribution is 9.10. The molecule has 1 aromatic heterocycles. The standard InChI is InChI=1S/C9H11BrN2/c1-9(2,3)12-5-7(4-11)8(10)6-12/h5-6H,1-3H3. The van der Waals surface area contributed by atoms with E-state index >= 15 is 0 Å². The predicted molar refractivity (Wildman–Crippen MR) is 51.8 cm³/mol. The monoisotopic (exact) mass is 226 g/mol. The molecule has 0 amide bonds. The van der Waals surface area contributed by atoms with E-state index in [0.29, 0.717) is 5.56 Å². The molecule has 3 heteroatoms. The van der Waals surface area contributed by atoms with Crippen LogP contribution in [0.15, 0.2) is 16.9 Å². The van der Waals surface area contributed by atoms with Gasteiger partial charge in [0.2, 0.25) is 0 Å². The number of hydrogen-bond acceptors (Lipinski definition) is 1. The summed E-state index contributed by atoms with van der Waals surface area (Å²) in [6.45, 7) is 6.29. The first-order chi connectivity index (χ1) is 5.45. The van der Waals surface area contributed by atoms with Crippen LogP contribution in [0.2, 0.25) is 0 Å². The number of nitrogens with zero attached hydrogens (tertiary/aromatic N) is 2. The minimum Gasteiger partial charge on any atom is -0.347 e. The fourth-order valence-corrected chi connectivity index (χ4v) is 1.31. The maximum absolute atomic E-state index is 8.70. The Morgan fingerprint density at radius 2 is 2.00 bits per heavy atom. The van der Waals surface area contributed by atoms with Crippen molar-refractivity contribution in [2.75, 3.05) is 0 Å². The maximum atomic E-state index is 8.70. The van der Waals surface area contributed by atoms with Crippen LogP contribution in [0.4, 0.5) is 0 Å². The second kappa shape index (κ2) is 2.95. The van der Waals surface area contributed by atoms with Gasteiger partial charge in [0.25, 0.3) is 0 Å². The third-order valence-electron chi connectivity index (χ3n) is 1.67. The van der Waals surface area contributed by atoms with Gasteiger partial charge in [0.1, 0.15) is 6.07 Å². The minimum absolute atomic E-state index is 0.0393. The third-order valence-corrected chi connectivity index (χ3v) is 2.30. The van der Waals surface area contributed by atoms with Crippen molar-refractivity contribution < 1.29 is 0 Å². The van der Waals surface area contributed by atoms with Gasteiger partial charge in [-0.1, -0.05) is 0 Å². The van der Waals surface area contributed by atoms with Gasteiger partial charge in [-0.25, -0.2) is 0 Å². The summed E-state index contributed by atoms with van der Waals surface area (Å²) >= 11 is 3.33. The largest absolute Gasteiger partial charge is 0.347 e. The van der Waals surface area contributed by atoms with Gasteiger partial charge in [-0.05, 0) is 36.7 Å². The highest BCUT2D eigenvalue weighted by Gasteiger charge is 2.14. The van der Waals surface area contributed by atoms with E-state index in [4.69, 9.17) is 5.26 Å². The summed E-state index contributed by atoms with van der Waals surface area (Å²) in [6.07, 6.45) is 3.78. The average molecular weight is 227 g/mol. The second-order valence-corrected chi connectivity index (χ2v) is 4.56. The molecule has 0 bridgehead atoms. The number of aromatic nitrogens is 1. The summed E-state index contributed by atoms with van der Waals surface area (Å²) in [5.74, 6) is 0. The van der Waals surface area contributed by atoms with Crippen molar-refractivity contribution in [1.82, 2.24) is 4.57 Å². The molecule has 0 saturated heterocycles. The average Bonchev–Trinajstić information content (AvgIpc) is 2.29. The molecular formula is C9H11BrN2. The fourth-order valence-electron chi connectivity index (χ4n) is 0.899. The van der Waals surface area contributed by atoms with Crippen LogP contribution < -0.4 is 0 Å². The smallest absolute Gasteiger partial charge is 0.102 e. The Kier molecular flexibility index (Phi) is 2.29. The van der Waals surface area contributed by atoms with E-state index in [0.717, 1.165) is 4.47 Å². The number of rotatable bonds is 0. The summed E-state index contributed by atoms with van der Waals surface area (Å²) in [6, 6.07) is 2.12. The highest BCUT2D eigenvalue weighted by atomic mass is 79.9. The first kappa shape index (κ1) is 9.34. The number of hydrogen-bond donors (Lipinski definition) is 0. The van der Waals surface area contributed by atoms with E-state index in [-0.39, 0.29) is 5.54 Å². The summed E-state index contributed by atoms with van der Waals surface area (Å²) < 4.78 is 2.88. The molecule has 0 aliphatic rings. The van der Waals surface area contributed by atoms with Crippen molar-refractivity contribution in [2.24, 2.45) is 0 Å². The van der Waals surface area contributed by atoms with Gasteiger partial charge in [-0.15, -0.1) is 0 Å². The Morgan fingerprint density at radius 1 is 1.42 bits per heavy atom. The van der Waals surface area contributed by atoms with Gasteiger partial charge in [-0.3, -0.25) is 0 Å². The van der Waals surface area contributed by atoms with Crippen LogP contribution in [0.5, 0.6) is 0 Å². The van der Waals surface area contributed by atoms with E-state index < -0.39 is 0 Å². The molecule has 0 spiro atoms. The summed E-state index contributed by atoms with van der Waals surface area (Å²) in [5, 5.41) is 8.70. The molecule has 0 radical (unpaired) electrons. The lowest BCUT2D eigenvalue weighted by atomic mass is 10.1. The Morgan fingerprint density at radius 3 is 2.25 bits per heavy atom. The maximum Gasteiger partial charge on any atom is 0.102 e. The Bertz CT molecular complexity index is 325. The Labute approximate surface area is 80.9 Å². The van der Waals surface area contributed by atoms with Crippen LogP contribution in [-0.2, 0) is 5.54 Å². The number of nitriles is 1. The molecule has 1 aromatic rings. The van der Waals surface area contributed by atoms with E-state index in [1.165, 1.54) is 0 Å². The lowest BCUT2D eigenvalue weighted by Gasteiger charge is -2.20. The van der Waals surface area contributed by atoms with Gasteiger partial charge in [0.05, 0.1) is 10.0 Å². The van der Waals surface area contributed by atoms with Crippen molar-refractivity contribution >= 4 is 15.9 Å². The Balaban J connectivity index is 3.16. The number of halogens is 1.